The first-order valence-electron chi connectivity index (χ1n) is 8.65. The second kappa shape index (κ2) is 7.30. The minimum Gasteiger partial charge on any atom is -0.436 e. The number of anilines is 1. The molecule has 0 aliphatic carbocycles. The van der Waals surface area contributed by atoms with E-state index in [-0.39, 0.29) is 5.91 Å². The van der Waals surface area contributed by atoms with Crippen LogP contribution in [0.25, 0.3) is 22.6 Å². The van der Waals surface area contributed by atoms with Gasteiger partial charge in [0.25, 0.3) is 5.91 Å². The van der Waals surface area contributed by atoms with Gasteiger partial charge < -0.3 is 9.73 Å². The lowest BCUT2D eigenvalue weighted by atomic mass is 10.1. The number of fused-ring (bicyclic) bond motifs is 1. The van der Waals surface area contributed by atoms with Crippen molar-refractivity contribution in [3.8, 4) is 11.5 Å². The van der Waals surface area contributed by atoms with Gasteiger partial charge in [-0.1, -0.05) is 40.4 Å². The Hall–Kier alpha value is -2.82. The summed E-state index contributed by atoms with van der Waals surface area (Å²) in [5.74, 6) is 0.227. The number of halogens is 2. The van der Waals surface area contributed by atoms with Crippen LogP contribution in [0, 0.1) is 13.8 Å². The molecular weight excluding hydrogens is 395 g/mol. The Kier molecular flexibility index (Phi) is 4.84. The molecule has 1 N–H and O–H groups in total. The van der Waals surface area contributed by atoms with E-state index in [1.54, 1.807) is 30.3 Å². The highest BCUT2D eigenvalue weighted by molar-refractivity contribution is 6.37. The molecule has 0 fully saturated rings. The van der Waals surface area contributed by atoms with Gasteiger partial charge in [0.1, 0.15) is 5.52 Å². The van der Waals surface area contributed by atoms with Crippen molar-refractivity contribution >= 4 is 45.9 Å². The minimum atomic E-state index is -0.320. The highest BCUT2D eigenvalue weighted by atomic mass is 35.5. The summed E-state index contributed by atoms with van der Waals surface area (Å²) >= 11 is 12.0. The number of carbonyl (C=O) groups is 1. The summed E-state index contributed by atoms with van der Waals surface area (Å²) in [6.07, 6.45) is 0. The maximum absolute atomic E-state index is 12.5. The number of aromatic nitrogens is 1. The molecule has 0 aliphatic rings. The summed E-state index contributed by atoms with van der Waals surface area (Å²) in [6.45, 7) is 4.07. The third-order valence-corrected chi connectivity index (χ3v) is 4.84. The predicted molar refractivity (Wildman–Crippen MR) is 113 cm³/mol. The fourth-order valence-corrected chi connectivity index (χ4v) is 3.59. The summed E-state index contributed by atoms with van der Waals surface area (Å²) < 4.78 is 5.88. The normalized spacial score (nSPS) is 11.0. The van der Waals surface area contributed by atoms with Gasteiger partial charge in [-0.25, -0.2) is 4.98 Å². The van der Waals surface area contributed by atoms with Crippen LogP contribution in [0.2, 0.25) is 10.0 Å². The predicted octanol–water partition coefficient (Wildman–Crippen LogP) is 6.67. The standard InChI is InChI=1S/C22H16Cl2N2O2/c1-12-7-13(2)9-14(8-12)22-26-19-11-16(4-6-20(19)28-22)25-21(27)17-5-3-15(23)10-18(17)24/h3-11H,1-2H3,(H,25,27). The zero-order chi connectivity index (χ0) is 19.8. The SMILES string of the molecule is Cc1cc(C)cc(-c2nc3cc(NC(=O)c4ccc(Cl)cc4Cl)ccc3o2)c1. The van der Waals surface area contributed by atoms with E-state index in [1.165, 1.54) is 6.07 Å². The van der Waals surface area contributed by atoms with Crippen LogP contribution in [0.4, 0.5) is 5.69 Å². The molecule has 0 saturated heterocycles. The van der Waals surface area contributed by atoms with E-state index in [1.807, 2.05) is 26.0 Å². The summed E-state index contributed by atoms with van der Waals surface area (Å²) in [4.78, 5) is 17.1. The molecule has 1 aromatic heterocycles. The lowest BCUT2D eigenvalue weighted by Crippen LogP contribution is -2.12. The lowest BCUT2D eigenvalue weighted by Gasteiger charge is -2.06. The highest BCUT2D eigenvalue weighted by Gasteiger charge is 2.13. The number of nitrogens with zero attached hydrogens (tertiary/aromatic N) is 1. The average molecular weight is 411 g/mol. The first-order valence-corrected chi connectivity index (χ1v) is 9.40. The van der Waals surface area contributed by atoms with Crippen LogP contribution in [0.1, 0.15) is 21.5 Å². The number of aryl methyl sites for hydroxylation is 2. The fourth-order valence-electron chi connectivity index (χ4n) is 3.10. The number of hydrogen-bond acceptors (Lipinski definition) is 3. The van der Waals surface area contributed by atoms with E-state index in [2.05, 4.69) is 16.4 Å². The Balaban J connectivity index is 1.63. The summed E-state index contributed by atoms with van der Waals surface area (Å²) in [7, 11) is 0. The van der Waals surface area contributed by atoms with E-state index in [0.29, 0.717) is 38.3 Å². The Morgan fingerprint density at radius 2 is 1.71 bits per heavy atom. The summed E-state index contributed by atoms with van der Waals surface area (Å²) in [6, 6.07) is 16.2. The number of carbonyl (C=O) groups excluding carboxylic acids is 1. The van der Waals surface area contributed by atoms with Crippen molar-refractivity contribution in [1.82, 2.24) is 4.98 Å². The van der Waals surface area contributed by atoms with Gasteiger partial charge >= 0.3 is 0 Å². The van der Waals surface area contributed by atoms with Gasteiger partial charge in [-0.2, -0.15) is 0 Å². The number of rotatable bonds is 3. The largest absolute Gasteiger partial charge is 0.436 e. The molecule has 4 nitrogen and oxygen atoms in total. The van der Waals surface area contributed by atoms with Gasteiger partial charge in [0, 0.05) is 16.3 Å². The third-order valence-electron chi connectivity index (χ3n) is 4.29. The van der Waals surface area contributed by atoms with Crippen molar-refractivity contribution in [3.63, 3.8) is 0 Å². The van der Waals surface area contributed by atoms with Gasteiger partial charge in [-0.3, -0.25) is 4.79 Å². The fraction of sp³-hybridized carbons (Fsp3) is 0.0909. The molecule has 4 rings (SSSR count). The highest BCUT2D eigenvalue weighted by Crippen LogP contribution is 2.28. The minimum absolute atomic E-state index is 0.296. The van der Waals surface area contributed by atoms with Gasteiger partial charge in [0.05, 0.1) is 10.6 Å². The first-order chi connectivity index (χ1) is 13.4. The molecule has 1 amide bonds. The number of nitrogens with one attached hydrogen (secondary N) is 1. The molecule has 0 spiro atoms. The van der Waals surface area contributed by atoms with E-state index in [4.69, 9.17) is 27.6 Å². The molecule has 4 aromatic rings. The molecule has 1 heterocycles. The molecule has 140 valence electrons. The van der Waals surface area contributed by atoms with Crippen LogP contribution >= 0.6 is 23.2 Å². The zero-order valence-electron chi connectivity index (χ0n) is 15.2. The van der Waals surface area contributed by atoms with Crippen molar-refractivity contribution in [2.45, 2.75) is 13.8 Å². The quantitative estimate of drug-likeness (QED) is 0.410. The molecule has 0 atom stereocenters. The molecule has 0 saturated carbocycles. The lowest BCUT2D eigenvalue weighted by molar-refractivity contribution is 0.102. The average Bonchev–Trinajstić information content (AvgIpc) is 3.04. The first kappa shape index (κ1) is 18.5. The van der Waals surface area contributed by atoms with Crippen LogP contribution in [0.3, 0.4) is 0 Å². The van der Waals surface area contributed by atoms with E-state index in [9.17, 15) is 4.79 Å². The van der Waals surface area contributed by atoms with Crippen molar-refractivity contribution in [1.29, 1.82) is 0 Å². The number of oxazole rings is 1. The molecule has 0 aliphatic heterocycles. The van der Waals surface area contributed by atoms with Gasteiger partial charge in [0.2, 0.25) is 5.89 Å². The molecule has 0 unspecified atom stereocenters. The van der Waals surface area contributed by atoms with Crippen molar-refractivity contribution in [3.05, 3.63) is 81.3 Å². The van der Waals surface area contributed by atoms with Gasteiger partial charge in [-0.05, 0) is 62.4 Å². The van der Waals surface area contributed by atoms with Crippen molar-refractivity contribution in [2.75, 3.05) is 5.32 Å². The van der Waals surface area contributed by atoms with Gasteiger partial charge in [0.15, 0.2) is 5.58 Å². The van der Waals surface area contributed by atoms with E-state index >= 15 is 0 Å². The molecule has 0 bridgehead atoms. The van der Waals surface area contributed by atoms with Crippen LogP contribution in [-0.2, 0) is 0 Å². The maximum atomic E-state index is 12.5. The third kappa shape index (κ3) is 3.75. The monoisotopic (exact) mass is 410 g/mol. The van der Waals surface area contributed by atoms with Crippen LogP contribution in [0.15, 0.2) is 59.0 Å². The Morgan fingerprint density at radius 1 is 0.964 bits per heavy atom. The summed E-state index contributed by atoms with van der Waals surface area (Å²) in [5.41, 5.74) is 5.47. The Morgan fingerprint density at radius 3 is 2.43 bits per heavy atom. The number of benzene rings is 3. The molecule has 28 heavy (non-hydrogen) atoms. The number of hydrogen-bond donors (Lipinski definition) is 1. The van der Waals surface area contributed by atoms with Crippen LogP contribution in [-0.4, -0.2) is 10.9 Å². The topological polar surface area (TPSA) is 55.1 Å². The molecule has 3 aromatic carbocycles. The number of amides is 1. The second-order valence-corrected chi connectivity index (χ2v) is 7.50. The van der Waals surface area contributed by atoms with Crippen LogP contribution < -0.4 is 5.32 Å². The Labute approximate surface area is 172 Å². The molecular formula is C22H16Cl2N2O2. The smallest absolute Gasteiger partial charge is 0.257 e. The van der Waals surface area contributed by atoms with Crippen molar-refractivity contribution < 1.29 is 9.21 Å². The summed E-state index contributed by atoms with van der Waals surface area (Å²) in [5, 5.41) is 3.60. The van der Waals surface area contributed by atoms with Gasteiger partial charge in [-0.15, -0.1) is 0 Å². The van der Waals surface area contributed by atoms with Crippen LogP contribution in [0.5, 0.6) is 0 Å². The zero-order valence-corrected chi connectivity index (χ0v) is 16.7. The second-order valence-electron chi connectivity index (χ2n) is 6.66. The molecule has 0 radical (unpaired) electrons. The molecule has 6 heteroatoms. The Bertz CT molecular complexity index is 1190. The van der Waals surface area contributed by atoms with E-state index in [0.717, 1.165) is 16.7 Å². The van der Waals surface area contributed by atoms with Crippen molar-refractivity contribution in [2.24, 2.45) is 0 Å². The van der Waals surface area contributed by atoms with E-state index < -0.39 is 0 Å². The maximum Gasteiger partial charge on any atom is 0.257 e.